The van der Waals surface area contributed by atoms with Crippen LogP contribution in [0.4, 0.5) is 11.4 Å². The lowest BCUT2D eigenvalue weighted by molar-refractivity contribution is -0.394. The van der Waals surface area contributed by atoms with Crippen LogP contribution in [-0.4, -0.2) is 31.7 Å². The van der Waals surface area contributed by atoms with E-state index in [1.165, 1.54) is 23.9 Å². The van der Waals surface area contributed by atoms with Crippen LogP contribution >= 0.6 is 11.8 Å². The van der Waals surface area contributed by atoms with Crippen LogP contribution in [0.5, 0.6) is 5.75 Å². The number of hydrogen-bond acceptors (Lipinski definition) is 8. The van der Waals surface area contributed by atoms with E-state index in [2.05, 4.69) is 10.2 Å². The van der Waals surface area contributed by atoms with Crippen LogP contribution in [0.2, 0.25) is 0 Å². The Morgan fingerprint density at radius 3 is 2.12 bits per heavy atom. The number of ether oxygens (including phenoxy) is 1. The molecule has 0 aliphatic carbocycles. The highest BCUT2D eigenvalue weighted by Crippen LogP contribution is 2.30. The average molecular weight is 478 g/mol. The predicted octanol–water partition coefficient (Wildman–Crippen LogP) is 5.11. The Balaban J connectivity index is 1.66. The second-order valence-corrected chi connectivity index (χ2v) is 8.21. The number of thioether (sulfide) groups is 1. The fourth-order valence-corrected chi connectivity index (χ4v) is 4.22. The molecule has 0 amide bonds. The largest absolute Gasteiger partial charge is 0.497 e. The second-order valence-electron chi connectivity index (χ2n) is 7.27. The van der Waals surface area contributed by atoms with Gasteiger partial charge in [0.15, 0.2) is 11.0 Å². The van der Waals surface area contributed by atoms with Gasteiger partial charge in [-0.05, 0) is 23.3 Å². The van der Waals surface area contributed by atoms with E-state index >= 15 is 0 Å². The maximum absolute atomic E-state index is 11.2. The zero-order valence-corrected chi connectivity index (χ0v) is 18.8. The highest BCUT2D eigenvalue weighted by atomic mass is 32.2. The Labute approximate surface area is 198 Å². The summed E-state index contributed by atoms with van der Waals surface area (Å²) < 4.78 is 7.18. The van der Waals surface area contributed by atoms with E-state index in [0.29, 0.717) is 23.1 Å². The van der Waals surface area contributed by atoms with Gasteiger partial charge in [-0.3, -0.25) is 24.8 Å². The van der Waals surface area contributed by atoms with Gasteiger partial charge in [0.05, 0.1) is 29.6 Å². The Morgan fingerprint density at radius 2 is 1.53 bits per heavy atom. The van der Waals surface area contributed by atoms with Gasteiger partial charge >= 0.3 is 0 Å². The molecule has 0 unspecified atom stereocenters. The highest BCUT2D eigenvalue weighted by Gasteiger charge is 2.19. The van der Waals surface area contributed by atoms with E-state index in [-0.39, 0.29) is 17.1 Å². The summed E-state index contributed by atoms with van der Waals surface area (Å²) in [7, 11) is 1.61. The van der Waals surface area contributed by atoms with Crippen molar-refractivity contribution >= 4 is 23.1 Å². The van der Waals surface area contributed by atoms with Crippen LogP contribution in [0.25, 0.3) is 11.4 Å². The standard InChI is InChI=1S/C23H19N5O5S/c1-33-21-9-7-16(8-10-21)14-26-22(18-5-3-2-4-6-18)24-25-23(26)34-15-17-11-19(27(29)30)13-20(12-17)28(31)32/h2-13H,14-15H2,1H3. The average Bonchev–Trinajstić information content (AvgIpc) is 3.25. The molecule has 34 heavy (non-hydrogen) atoms. The Bertz CT molecular complexity index is 1290. The van der Waals surface area contributed by atoms with Gasteiger partial charge in [-0.2, -0.15) is 0 Å². The maximum atomic E-state index is 11.2. The summed E-state index contributed by atoms with van der Waals surface area (Å²) in [6.07, 6.45) is 0. The highest BCUT2D eigenvalue weighted by molar-refractivity contribution is 7.98. The summed E-state index contributed by atoms with van der Waals surface area (Å²) in [6.45, 7) is 0.485. The molecule has 0 bridgehead atoms. The summed E-state index contributed by atoms with van der Waals surface area (Å²) in [4.78, 5) is 21.1. The minimum Gasteiger partial charge on any atom is -0.497 e. The predicted molar refractivity (Wildman–Crippen MR) is 127 cm³/mol. The van der Waals surface area contributed by atoms with E-state index in [1.54, 1.807) is 7.11 Å². The lowest BCUT2D eigenvalue weighted by Gasteiger charge is -2.11. The molecule has 172 valence electrons. The number of rotatable bonds is 9. The number of nitro groups is 2. The maximum Gasteiger partial charge on any atom is 0.276 e. The third kappa shape index (κ3) is 5.21. The van der Waals surface area contributed by atoms with Crippen molar-refractivity contribution in [2.24, 2.45) is 0 Å². The number of non-ortho nitro benzene ring substituents is 2. The van der Waals surface area contributed by atoms with E-state index in [9.17, 15) is 20.2 Å². The molecule has 0 fully saturated rings. The smallest absolute Gasteiger partial charge is 0.276 e. The molecule has 0 saturated carbocycles. The van der Waals surface area contributed by atoms with E-state index in [0.717, 1.165) is 22.9 Å². The molecule has 10 nitrogen and oxygen atoms in total. The van der Waals surface area contributed by atoms with Gasteiger partial charge in [-0.15, -0.1) is 10.2 Å². The molecule has 11 heteroatoms. The van der Waals surface area contributed by atoms with Gasteiger partial charge in [0, 0.05) is 23.4 Å². The molecule has 1 aromatic heterocycles. The van der Waals surface area contributed by atoms with Gasteiger partial charge in [0.25, 0.3) is 11.4 Å². The number of methoxy groups -OCH3 is 1. The zero-order chi connectivity index (χ0) is 24.1. The van der Waals surface area contributed by atoms with Gasteiger partial charge < -0.3 is 4.74 Å². The number of hydrogen-bond donors (Lipinski definition) is 0. The van der Waals surface area contributed by atoms with Crippen molar-refractivity contribution in [2.75, 3.05) is 7.11 Å². The molecule has 0 spiro atoms. The van der Waals surface area contributed by atoms with E-state index in [1.807, 2.05) is 59.2 Å². The molecule has 0 N–H and O–H groups in total. The summed E-state index contributed by atoms with van der Waals surface area (Å²) >= 11 is 1.30. The summed E-state index contributed by atoms with van der Waals surface area (Å²) in [5.74, 6) is 1.67. The van der Waals surface area contributed by atoms with Crippen molar-refractivity contribution in [2.45, 2.75) is 17.5 Å². The number of benzene rings is 3. The molecule has 0 atom stereocenters. The Hall–Kier alpha value is -4.25. The lowest BCUT2D eigenvalue weighted by Crippen LogP contribution is -2.04. The third-order valence-corrected chi connectivity index (χ3v) is 6.04. The van der Waals surface area contributed by atoms with Gasteiger partial charge in [-0.1, -0.05) is 54.2 Å². The Morgan fingerprint density at radius 1 is 0.882 bits per heavy atom. The SMILES string of the molecule is COc1ccc(Cn2c(SCc3cc([N+](=O)[O-])cc([N+](=O)[O-])c3)nnc2-c2ccccc2)cc1. The first-order valence-electron chi connectivity index (χ1n) is 10.1. The second kappa shape index (κ2) is 10.1. The number of nitro benzene ring substituents is 2. The molecule has 3 aromatic carbocycles. The van der Waals surface area contributed by atoms with Gasteiger partial charge in [-0.25, -0.2) is 0 Å². The Kier molecular flexibility index (Phi) is 6.83. The topological polar surface area (TPSA) is 126 Å². The van der Waals surface area contributed by atoms with Crippen molar-refractivity contribution < 1.29 is 14.6 Å². The van der Waals surface area contributed by atoms with Gasteiger partial charge in [0.2, 0.25) is 0 Å². The van der Waals surface area contributed by atoms with Crippen molar-refractivity contribution in [3.05, 3.63) is 104 Å². The molecular weight excluding hydrogens is 458 g/mol. The summed E-state index contributed by atoms with van der Waals surface area (Å²) in [5.41, 5.74) is 1.70. The van der Waals surface area contributed by atoms with Crippen LogP contribution in [0.3, 0.4) is 0 Å². The zero-order valence-electron chi connectivity index (χ0n) is 18.0. The van der Waals surface area contributed by atoms with E-state index in [4.69, 9.17) is 4.74 Å². The third-order valence-electron chi connectivity index (χ3n) is 5.00. The fraction of sp³-hybridized carbons (Fsp3) is 0.130. The number of aromatic nitrogens is 3. The number of nitrogens with zero attached hydrogens (tertiary/aromatic N) is 5. The lowest BCUT2D eigenvalue weighted by atomic mass is 10.2. The first-order chi connectivity index (χ1) is 16.4. The van der Waals surface area contributed by atoms with Crippen molar-refractivity contribution in [1.82, 2.24) is 14.8 Å². The molecule has 1 heterocycles. The van der Waals surface area contributed by atoms with Gasteiger partial charge in [0.1, 0.15) is 5.75 Å². The minimum absolute atomic E-state index is 0.248. The van der Waals surface area contributed by atoms with Crippen molar-refractivity contribution in [1.29, 1.82) is 0 Å². The monoisotopic (exact) mass is 477 g/mol. The van der Waals surface area contributed by atoms with Crippen molar-refractivity contribution in [3.8, 4) is 17.1 Å². The van der Waals surface area contributed by atoms with Crippen LogP contribution in [0.1, 0.15) is 11.1 Å². The molecule has 0 saturated heterocycles. The first-order valence-corrected chi connectivity index (χ1v) is 11.1. The molecule has 4 aromatic rings. The molecule has 4 rings (SSSR count). The first kappa shape index (κ1) is 22.9. The fourth-order valence-electron chi connectivity index (χ4n) is 3.35. The summed E-state index contributed by atoms with van der Waals surface area (Å²) in [6, 6.07) is 20.9. The van der Waals surface area contributed by atoms with Crippen LogP contribution in [0.15, 0.2) is 78.0 Å². The van der Waals surface area contributed by atoms with Crippen LogP contribution in [-0.2, 0) is 12.3 Å². The molecule has 0 aliphatic heterocycles. The molecule has 0 radical (unpaired) electrons. The quantitative estimate of drug-likeness (QED) is 0.185. The normalized spacial score (nSPS) is 10.7. The van der Waals surface area contributed by atoms with Crippen molar-refractivity contribution in [3.63, 3.8) is 0 Å². The van der Waals surface area contributed by atoms with Crippen LogP contribution in [0, 0.1) is 20.2 Å². The molecule has 0 aliphatic rings. The minimum atomic E-state index is -0.638. The van der Waals surface area contributed by atoms with Crippen LogP contribution < -0.4 is 4.74 Å². The molecular formula is C23H19N5O5S. The van der Waals surface area contributed by atoms with E-state index < -0.39 is 9.85 Å². The summed E-state index contributed by atoms with van der Waals surface area (Å²) in [5, 5.41) is 31.7.